The molecule has 0 bridgehead atoms. The number of likely N-dealkylation sites (tertiary alicyclic amines) is 1. The van der Waals surface area contributed by atoms with Crippen molar-refractivity contribution in [3.05, 3.63) is 41.7 Å². The summed E-state index contributed by atoms with van der Waals surface area (Å²) >= 11 is 0. The summed E-state index contributed by atoms with van der Waals surface area (Å²) in [6.07, 6.45) is 1.78. The fourth-order valence-corrected chi connectivity index (χ4v) is 3.46. The van der Waals surface area contributed by atoms with Gasteiger partial charge in [-0.2, -0.15) is 5.10 Å². The normalized spacial score (nSPS) is 16.7. The topological polar surface area (TPSA) is 87.5 Å². The summed E-state index contributed by atoms with van der Waals surface area (Å²) in [5.74, 6) is -0.932. The molecule has 1 aliphatic heterocycles. The number of carbonyl (C=O) groups is 2. The third-order valence-electron chi connectivity index (χ3n) is 4.83. The number of halogens is 1. The minimum atomic E-state index is -0.807. The van der Waals surface area contributed by atoms with Gasteiger partial charge in [0, 0.05) is 13.0 Å². The van der Waals surface area contributed by atoms with E-state index in [9.17, 15) is 14.7 Å². The summed E-state index contributed by atoms with van der Waals surface area (Å²) < 4.78 is 1.81. The molecule has 1 aromatic carbocycles. The molecule has 0 radical (unpaired) electrons. The van der Waals surface area contributed by atoms with Crippen molar-refractivity contribution in [3.8, 4) is 5.69 Å². The van der Waals surface area contributed by atoms with Crippen LogP contribution in [0.25, 0.3) is 5.69 Å². The molecule has 1 amide bonds. The molecule has 1 saturated heterocycles. The summed E-state index contributed by atoms with van der Waals surface area (Å²) in [7, 11) is 0. The van der Waals surface area contributed by atoms with E-state index in [-0.39, 0.29) is 24.7 Å². The molecule has 1 aromatic heterocycles. The third kappa shape index (κ3) is 4.67. The Bertz CT molecular complexity index is 807. The van der Waals surface area contributed by atoms with E-state index in [1.165, 1.54) is 0 Å². The number of para-hydroxylation sites is 1. The van der Waals surface area contributed by atoms with Crippen molar-refractivity contribution >= 4 is 30.0 Å². The van der Waals surface area contributed by atoms with Gasteiger partial charge in [-0.05, 0) is 45.4 Å². The summed E-state index contributed by atoms with van der Waals surface area (Å²) in [5.41, 5.74) is 3.28. The number of nitrogens with one attached hydrogen (secondary N) is 1. The lowest BCUT2D eigenvalue weighted by Crippen LogP contribution is -2.37. The largest absolute Gasteiger partial charge is 0.480 e. The lowest BCUT2D eigenvalue weighted by molar-refractivity contribution is -0.142. The maximum absolute atomic E-state index is 12.4. The van der Waals surface area contributed by atoms with Crippen LogP contribution in [0.2, 0.25) is 0 Å². The van der Waals surface area contributed by atoms with E-state index in [4.69, 9.17) is 0 Å². The number of hydrogen-bond donors (Lipinski definition) is 2. The van der Waals surface area contributed by atoms with Gasteiger partial charge in [-0.25, -0.2) is 4.68 Å². The van der Waals surface area contributed by atoms with Crippen LogP contribution < -0.4 is 5.32 Å². The Morgan fingerprint density at radius 3 is 2.63 bits per heavy atom. The first-order valence-electron chi connectivity index (χ1n) is 8.85. The van der Waals surface area contributed by atoms with E-state index in [2.05, 4.69) is 10.4 Å². The summed E-state index contributed by atoms with van der Waals surface area (Å²) in [6, 6.07) is 9.29. The fourth-order valence-electron chi connectivity index (χ4n) is 3.46. The van der Waals surface area contributed by atoms with Crippen LogP contribution in [0.3, 0.4) is 0 Å². The second kappa shape index (κ2) is 9.01. The number of aromatic nitrogens is 2. The second-order valence-electron chi connectivity index (χ2n) is 6.62. The smallest absolute Gasteiger partial charge is 0.320 e. The standard InChI is InChI=1S/C19H24N4O3.ClH/c1-13-18(14(2)23(21-13)15-7-4-3-5-8-15)20-17(24)10-12-22-11-6-9-16(22)19(25)26;/h3-5,7-8,16H,6,9-12H2,1-2H3,(H,20,24)(H,25,26);1H. The Hall–Kier alpha value is -2.38. The van der Waals surface area contributed by atoms with Crippen molar-refractivity contribution in [1.29, 1.82) is 0 Å². The summed E-state index contributed by atoms with van der Waals surface area (Å²) in [5, 5.41) is 16.7. The molecule has 27 heavy (non-hydrogen) atoms. The molecule has 146 valence electrons. The molecular formula is C19H25ClN4O3. The second-order valence-corrected chi connectivity index (χ2v) is 6.62. The van der Waals surface area contributed by atoms with E-state index >= 15 is 0 Å². The van der Waals surface area contributed by atoms with E-state index in [1.54, 1.807) is 0 Å². The van der Waals surface area contributed by atoms with E-state index < -0.39 is 12.0 Å². The van der Waals surface area contributed by atoms with Crippen molar-refractivity contribution in [3.63, 3.8) is 0 Å². The number of amides is 1. The van der Waals surface area contributed by atoms with Gasteiger partial charge in [0.2, 0.25) is 5.91 Å². The van der Waals surface area contributed by atoms with Crippen LogP contribution in [0.5, 0.6) is 0 Å². The van der Waals surface area contributed by atoms with Gasteiger partial charge >= 0.3 is 5.97 Å². The van der Waals surface area contributed by atoms with Crippen molar-refractivity contribution < 1.29 is 14.7 Å². The average molecular weight is 393 g/mol. The quantitative estimate of drug-likeness (QED) is 0.789. The van der Waals surface area contributed by atoms with Gasteiger partial charge in [0.1, 0.15) is 6.04 Å². The minimum Gasteiger partial charge on any atom is -0.480 e. The van der Waals surface area contributed by atoms with Crippen LogP contribution in [0.1, 0.15) is 30.7 Å². The Labute approximate surface area is 164 Å². The maximum Gasteiger partial charge on any atom is 0.320 e. The van der Waals surface area contributed by atoms with Crippen LogP contribution in [0, 0.1) is 13.8 Å². The van der Waals surface area contributed by atoms with Gasteiger partial charge < -0.3 is 10.4 Å². The highest BCUT2D eigenvalue weighted by Gasteiger charge is 2.30. The molecule has 1 unspecified atom stereocenters. The van der Waals surface area contributed by atoms with Crippen LogP contribution in [0.15, 0.2) is 30.3 Å². The van der Waals surface area contributed by atoms with Crippen molar-refractivity contribution in [2.24, 2.45) is 0 Å². The van der Waals surface area contributed by atoms with Crippen LogP contribution in [0.4, 0.5) is 5.69 Å². The number of hydrogen-bond acceptors (Lipinski definition) is 4. The Balaban J connectivity index is 0.00000261. The molecule has 2 N–H and O–H groups in total. The lowest BCUT2D eigenvalue weighted by Gasteiger charge is -2.20. The minimum absolute atomic E-state index is 0. The maximum atomic E-state index is 12.4. The van der Waals surface area contributed by atoms with Gasteiger partial charge in [0.15, 0.2) is 0 Å². The SMILES string of the molecule is Cc1nn(-c2ccccc2)c(C)c1NC(=O)CCN1CCCC1C(=O)O.Cl. The van der Waals surface area contributed by atoms with Crippen molar-refractivity contribution in [1.82, 2.24) is 14.7 Å². The highest BCUT2D eigenvalue weighted by molar-refractivity contribution is 5.92. The molecule has 0 aliphatic carbocycles. The number of carbonyl (C=O) groups excluding carboxylic acids is 1. The first-order chi connectivity index (χ1) is 12.5. The van der Waals surface area contributed by atoms with Crippen molar-refractivity contribution in [2.45, 2.75) is 39.2 Å². The summed E-state index contributed by atoms with van der Waals surface area (Å²) in [6.45, 7) is 4.97. The first kappa shape index (κ1) is 20.9. The predicted molar refractivity (Wildman–Crippen MR) is 106 cm³/mol. The highest BCUT2D eigenvalue weighted by atomic mass is 35.5. The van der Waals surface area contributed by atoms with Gasteiger partial charge in [0.25, 0.3) is 0 Å². The third-order valence-corrected chi connectivity index (χ3v) is 4.83. The highest BCUT2D eigenvalue weighted by Crippen LogP contribution is 2.23. The molecule has 3 rings (SSSR count). The Morgan fingerprint density at radius 2 is 1.96 bits per heavy atom. The van der Waals surface area contributed by atoms with Gasteiger partial charge in [-0.1, -0.05) is 18.2 Å². The number of carboxylic acids is 1. The molecule has 1 atom stereocenters. The van der Waals surface area contributed by atoms with Crippen LogP contribution in [-0.2, 0) is 9.59 Å². The molecule has 0 saturated carbocycles. The predicted octanol–water partition coefficient (Wildman–Crippen LogP) is 2.79. The van der Waals surface area contributed by atoms with Crippen LogP contribution in [-0.4, -0.2) is 50.8 Å². The molecule has 1 fully saturated rings. The van der Waals surface area contributed by atoms with E-state index in [0.29, 0.717) is 13.0 Å². The molecule has 8 heteroatoms. The van der Waals surface area contributed by atoms with Gasteiger partial charge in [-0.3, -0.25) is 14.5 Å². The monoisotopic (exact) mass is 392 g/mol. The Kier molecular flexibility index (Phi) is 6.98. The van der Waals surface area contributed by atoms with E-state index in [0.717, 1.165) is 35.7 Å². The number of carboxylic acid groups (broad SMARTS) is 1. The zero-order valence-corrected chi connectivity index (χ0v) is 16.3. The number of rotatable bonds is 6. The van der Waals surface area contributed by atoms with E-state index in [1.807, 2.05) is 53.8 Å². The average Bonchev–Trinajstić information content (AvgIpc) is 3.21. The molecule has 7 nitrogen and oxygen atoms in total. The fraction of sp³-hybridized carbons (Fsp3) is 0.421. The Morgan fingerprint density at radius 1 is 1.26 bits per heavy atom. The molecular weight excluding hydrogens is 368 g/mol. The zero-order chi connectivity index (χ0) is 18.7. The first-order valence-corrected chi connectivity index (χ1v) is 8.85. The number of anilines is 1. The number of aryl methyl sites for hydroxylation is 1. The number of nitrogens with zero attached hydrogens (tertiary/aromatic N) is 3. The number of aliphatic carboxylic acids is 1. The zero-order valence-electron chi connectivity index (χ0n) is 15.5. The number of benzene rings is 1. The summed E-state index contributed by atoms with van der Waals surface area (Å²) in [4.78, 5) is 25.5. The van der Waals surface area contributed by atoms with Crippen LogP contribution >= 0.6 is 12.4 Å². The molecule has 2 heterocycles. The van der Waals surface area contributed by atoms with Gasteiger partial charge in [0.05, 0.1) is 22.8 Å². The molecule has 2 aromatic rings. The van der Waals surface area contributed by atoms with Gasteiger partial charge in [-0.15, -0.1) is 12.4 Å². The molecule has 1 aliphatic rings. The van der Waals surface area contributed by atoms with Crippen molar-refractivity contribution in [2.75, 3.05) is 18.4 Å². The molecule has 0 spiro atoms. The lowest BCUT2D eigenvalue weighted by atomic mass is 10.2.